The van der Waals surface area contributed by atoms with Gasteiger partial charge in [0, 0.05) is 45.8 Å². The van der Waals surface area contributed by atoms with E-state index in [2.05, 4.69) is 15.6 Å². The van der Waals surface area contributed by atoms with E-state index in [0.717, 1.165) is 25.5 Å². The van der Waals surface area contributed by atoms with E-state index < -0.39 is 0 Å². The molecule has 0 atom stereocenters. The number of hydrogen-bond acceptors (Lipinski definition) is 4. The summed E-state index contributed by atoms with van der Waals surface area (Å²) in [5.41, 5.74) is 0.614. The summed E-state index contributed by atoms with van der Waals surface area (Å²) in [6.45, 7) is 2.73. The van der Waals surface area contributed by atoms with Crippen molar-refractivity contribution in [3.8, 4) is 0 Å². The molecule has 1 aliphatic rings. The van der Waals surface area contributed by atoms with Gasteiger partial charge < -0.3 is 15.5 Å². The Kier molecular flexibility index (Phi) is 3.58. The highest BCUT2D eigenvalue weighted by Crippen LogP contribution is 2.08. The Labute approximate surface area is 101 Å². The molecular formula is C12H18N4O. The van der Waals surface area contributed by atoms with Crippen LogP contribution < -0.4 is 15.5 Å². The van der Waals surface area contributed by atoms with Crippen molar-refractivity contribution in [3.63, 3.8) is 0 Å². The zero-order valence-electron chi connectivity index (χ0n) is 10.2. The largest absolute Gasteiger partial charge is 0.363 e. The Bertz CT molecular complexity index is 384. The van der Waals surface area contributed by atoms with Crippen LogP contribution in [-0.2, 0) is 0 Å². The Morgan fingerprint density at radius 3 is 2.76 bits per heavy atom. The Hall–Kier alpha value is -1.62. The van der Waals surface area contributed by atoms with E-state index in [4.69, 9.17) is 0 Å². The van der Waals surface area contributed by atoms with Crippen molar-refractivity contribution in [2.24, 2.45) is 5.92 Å². The zero-order valence-corrected chi connectivity index (χ0v) is 10.2. The second-order valence-corrected chi connectivity index (χ2v) is 4.53. The highest BCUT2D eigenvalue weighted by molar-refractivity contribution is 5.94. The van der Waals surface area contributed by atoms with Crippen LogP contribution in [0.1, 0.15) is 10.4 Å². The van der Waals surface area contributed by atoms with Crippen molar-refractivity contribution in [2.75, 3.05) is 38.6 Å². The molecule has 0 aliphatic carbocycles. The predicted molar refractivity (Wildman–Crippen MR) is 67.3 cm³/mol. The lowest BCUT2D eigenvalue weighted by molar-refractivity contribution is 0.0942. The molecule has 0 bridgehead atoms. The molecule has 5 nitrogen and oxygen atoms in total. The fraction of sp³-hybridized carbons (Fsp3) is 0.500. The molecule has 0 saturated carbocycles. The average molecular weight is 234 g/mol. The fourth-order valence-electron chi connectivity index (χ4n) is 1.62. The summed E-state index contributed by atoms with van der Waals surface area (Å²) in [6, 6.07) is 3.65. The summed E-state index contributed by atoms with van der Waals surface area (Å²) in [7, 11) is 3.84. The third-order valence-corrected chi connectivity index (χ3v) is 2.89. The van der Waals surface area contributed by atoms with Gasteiger partial charge in [0.25, 0.3) is 5.91 Å². The second-order valence-electron chi connectivity index (χ2n) is 4.53. The minimum Gasteiger partial charge on any atom is -0.363 e. The number of carbonyl (C=O) groups excluding carboxylic acids is 1. The first-order chi connectivity index (χ1) is 8.16. The molecule has 1 aromatic heterocycles. The molecule has 1 saturated heterocycles. The monoisotopic (exact) mass is 234 g/mol. The number of rotatable bonds is 4. The maximum atomic E-state index is 11.8. The van der Waals surface area contributed by atoms with Gasteiger partial charge in [0.2, 0.25) is 0 Å². The standard InChI is InChI=1S/C12H18N4O/c1-16(2)11-4-3-10(8-14-11)12(17)15-7-9-5-13-6-9/h3-4,8-9,13H,5-7H2,1-2H3,(H,15,17). The van der Waals surface area contributed by atoms with Crippen molar-refractivity contribution in [1.29, 1.82) is 0 Å². The summed E-state index contributed by atoms with van der Waals surface area (Å²) in [5.74, 6) is 1.38. The minimum absolute atomic E-state index is 0.0466. The number of aromatic nitrogens is 1. The van der Waals surface area contributed by atoms with E-state index in [1.807, 2.05) is 25.1 Å². The van der Waals surface area contributed by atoms with Gasteiger partial charge in [-0.2, -0.15) is 0 Å². The fourth-order valence-corrected chi connectivity index (χ4v) is 1.62. The molecule has 92 valence electrons. The first-order valence-corrected chi connectivity index (χ1v) is 5.79. The maximum Gasteiger partial charge on any atom is 0.252 e. The first kappa shape index (κ1) is 11.9. The number of hydrogen-bond donors (Lipinski definition) is 2. The Morgan fingerprint density at radius 1 is 1.53 bits per heavy atom. The summed E-state index contributed by atoms with van der Waals surface area (Å²) < 4.78 is 0. The van der Waals surface area contributed by atoms with E-state index in [1.54, 1.807) is 12.3 Å². The van der Waals surface area contributed by atoms with Gasteiger partial charge in [-0.15, -0.1) is 0 Å². The van der Waals surface area contributed by atoms with Gasteiger partial charge in [0.1, 0.15) is 5.82 Å². The number of nitrogens with one attached hydrogen (secondary N) is 2. The SMILES string of the molecule is CN(C)c1ccc(C(=O)NCC2CNC2)cn1. The summed E-state index contributed by atoms with van der Waals surface area (Å²) in [4.78, 5) is 17.9. The molecule has 1 aromatic rings. The zero-order chi connectivity index (χ0) is 12.3. The van der Waals surface area contributed by atoms with Crippen LogP contribution in [0.2, 0.25) is 0 Å². The molecule has 17 heavy (non-hydrogen) atoms. The second kappa shape index (κ2) is 5.14. The summed E-state index contributed by atoms with van der Waals surface area (Å²) in [5, 5.41) is 6.09. The normalized spacial score (nSPS) is 15.2. The lowest BCUT2D eigenvalue weighted by Gasteiger charge is -2.27. The van der Waals surface area contributed by atoms with Gasteiger partial charge in [-0.3, -0.25) is 4.79 Å². The third kappa shape index (κ3) is 2.94. The molecule has 1 aliphatic heterocycles. The van der Waals surface area contributed by atoms with Gasteiger partial charge in [-0.25, -0.2) is 4.98 Å². The van der Waals surface area contributed by atoms with Crippen molar-refractivity contribution < 1.29 is 4.79 Å². The molecule has 0 unspecified atom stereocenters. The van der Waals surface area contributed by atoms with Crippen LogP contribution in [0.15, 0.2) is 18.3 Å². The van der Waals surface area contributed by atoms with Gasteiger partial charge in [0.15, 0.2) is 0 Å². The average Bonchev–Trinajstić information content (AvgIpc) is 2.27. The summed E-state index contributed by atoms with van der Waals surface area (Å²) >= 11 is 0. The van der Waals surface area contributed by atoms with Crippen molar-refractivity contribution in [2.45, 2.75) is 0 Å². The highest BCUT2D eigenvalue weighted by Gasteiger charge is 2.17. The van der Waals surface area contributed by atoms with Gasteiger partial charge in [0.05, 0.1) is 5.56 Å². The van der Waals surface area contributed by atoms with E-state index in [9.17, 15) is 4.79 Å². The number of amides is 1. The lowest BCUT2D eigenvalue weighted by Crippen LogP contribution is -2.48. The maximum absolute atomic E-state index is 11.8. The van der Waals surface area contributed by atoms with Crippen LogP contribution >= 0.6 is 0 Å². The van der Waals surface area contributed by atoms with E-state index in [-0.39, 0.29) is 5.91 Å². The van der Waals surface area contributed by atoms with Gasteiger partial charge in [-0.1, -0.05) is 0 Å². The summed E-state index contributed by atoms with van der Waals surface area (Å²) in [6.07, 6.45) is 1.61. The Balaban J connectivity index is 1.89. The van der Waals surface area contributed by atoms with Crippen molar-refractivity contribution >= 4 is 11.7 Å². The lowest BCUT2D eigenvalue weighted by atomic mass is 10.0. The van der Waals surface area contributed by atoms with E-state index in [0.29, 0.717) is 11.5 Å². The molecule has 1 fully saturated rings. The molecule has 5 heteroatoms. The van der Waals surface area contributed by atoms with Crippen molar-refractivity contribution in [1.82, 2.24) is 15.6 Å². The molecule has 0 aromatic carbocycles. The van der Waals surface area contributed by atoms with Gasteiger partial charge in [-0.05, 0) is 12.1 Å². The highest BCUT2D eigenvalue weighted by atomic mass is 16.1. The van der Waals surface area contributed by atoms with Crippen LogP contribution in [0.3, 0.4) is 0 Å². The molecular weight excluding hydrogens is 216 g/mol. The van der Waals surface area contributed by atoms with Crippen molar-refractivity contribution in [3.05, 3.63) is 23.9 Å². The van der Waals surface area contributed by atoms with Crippen LogP contribution in [-0.4, -0.2) is 44.6 Å². The number of nitrogens with zero attached hydrogens (tertiary/aromatic N) is 2. The Morgan fingerprint density at radius 2 is 2.29 bits per heavy atom. The minimum atomic E-state index is -0.0466. The van der Waals surface area contributed by atoms with Crippen LogP contribution in [0.5, 0.6) is 0 Å². The molecule has 2 rings (SSSR count). The topological polar surface area (TPSA) is 57.3 Å². The van der Waals surface area contributed by atoms with Gasteiger partial charge >= 0.3 is 0 Å². The molecule has 2 heterocycles. The quantitative estimate of drug-likeness (QED) is 0.775. The molecule has 0 spiro atoms. The van der Waals surface area contributed by atoms with Crippen LogP contribution in [0.25, 0.3) is 0 Å². The number of pyridine rings is 1. The van der Waals surface area contributed by atoms with Crippen LogP contribution in [0, 0.1) is 5.92 Å². The molecule has 1 amide bonds. The number of anilines is 1. The third-order valence-electron chi connectivity index (χ3n) is 2.89. The van der Waals surface area contributed by atoms with E-state index in [1.165, 1.54) is 0 Å². The molecule has 0 radical (unpaired) electrons. The van der Waals surface area contributed by atoms with E-state index >= 15 is 0 Å². The predicted octanol–water partition coefficient (Wildman–Crippen LogP) is 0.0968. The first-order valence-electron chi connectivity index (χ1n) is 5.79. The number of carbonyl (C=O) groups is 1. The van der Waals surface area contributed by atoms with Crippen LogP contribution in [0.4, 0.5) is 5.82 Å². The smallest absolute Gasteiger partial charge is 0.252 e. The molecule has 2 N–H and O–H groups in total.